The summed E-state index contributed by atoms with van der Waals surface area (Å²) in [4.78, 5) is 23.3. The molecule has 0 unspecified atom stereocenters. The molecule has 0 aromatic carbocycles. The van der Waals surface area contributed by atoms with E-state index >= 15 is 0 Å². The fourth-order valence-corrected chi connectivity index (χ4v) is 1.91. The largest absolute Gasteiger partial charge is 0.346 e. The molecule has 0 aliphatic heterocycles. The monoisotopic (exact) mass is 258 g/mol. The van der Waals surface area contributed by atoms with Crippen LogP contribution in [0.4, 0.5) is 0 Å². The third kappa shape index (κ3) is 3.64. The van der Waals surface area contributed by atoms with Gasteiger partial charge in [0.05, 0.1) is 12.5 Å². The Labute approximate surface area is 112 Å². The van der Waals surface area contributed by atoms with E-state index in [1.165, 1.54) is 0 Å². The van der Waals surface area contributed by atoms with E-state index in [2.05, 4.69) is 20.3 Å². The minimum atomic E-state index is -0.0666. The summed E-state index contributed by atoms with van der Waals surface area (Å²) < 4.78 is 0. The van der Waals surface area contributed by atoms with Crippen molar-refractivity contribution < 1.29 is 4.79 Å². The van der Waals surface area contributed by atoms with Crippen LogP contribution in [0.1, 0.15) is 36.5 Å². The summed E-state index contributed by atoms with van der Waals surface area (Å²) in [6.07, 6.45) is 6.31. The lowest BCUT2D eigenvalue weighted by atomic mass is 10.1. The van der Waals surface area contributed by atoms with Crippen molar-refractivity contribution in [3.8, 4) is 0 Å². The van der Waals surface area contributed by atoms with Gasteiger partial charge in [0.15, 0.2) is 0 Å². The summed E-state index contributed by atoms with van der Waals surface area (Å²) in [5.74, 6) is 0.801. The molecule has 0 saturated heterocycles. The number of hydrogen-bond acceptors (Lipinski definition) is 3. The number of aromatic nitrogens is 3. The molecule has 0 aliphatic rings. The maximum atomic E-state index is 12.0. The Kier molecular flexibility index (Phi) is 4.28. The third-order valence-corrected chi connectivity index (χ3v) is 2.91. The van der Waals surface area contributed by atoms with E-state index in [1.54, 1.807) is 18.6 Å². The molecule has 19 heavy (non-hydrogen) atoms. The van der Waals surface area contributed by atoms with Gasteiger partial charge in [0.25, 0.3) is 0 Å². The van der Waals surface area contributed by atoms with Crippen molar-refractivity contribution in [2.75, 3.05) is 0 Å². The van der Waals surface area contributed by atoms with Gasteiger partial charge in [-0.25, -0.2) is 4.98 Å². The molecule has 2 aromatic rings. The molecule has 2 rings (SSSR count). The lowest BCUT2D eigenvalue weighted by Crippen LogP contribution is -2.30. The summed E-state index contributed by atoms with van der Waals surface area (Å²) in [5, 5.41) is 2.99. The normalized spacial score (nSPS) is 12.1. The highest BCUT2D eigenvalue weighted by molar-refractivity contribution is 5.78. The highest BCUT2D eigenvalue weighted by Gasteiger charge is 2.15. The number of pyridine rings is 1. The number of H-pyrrole nitrogens is 1. The van der Waals surface area contributed by atoms with E-state index in [0.29, 0.717) is 6.42 Å². The summed E-state index contributed by atoms with van der Waals surface area (Å²) in [5.41, 5.74) is 1.95. The van der Waals surface area contributed by atoms with Crippen molar-refractivity contribution in [1.29, 1.82) is 0 Å². The van der Waals surface area contributed by atoms with E-state index in [-0.39, 0.29) is 11.9 Å². The first-order chi connectivity index (χ1) is 9.19. The molecule has 2 aromatic heterocycles. The quantitative estimate of drug-likeness (QED) is 0.860. The lowest BCUT2D eigenvalue weighted by Gasteiger charge is -2.14. The van der Waals surface area contributed by atoms with Gasteiger partial charge in [-0.15, -0.1) is 0 Å². The zero-order valence-corrected chi connectivity index (χ0v) is 11.2. The van der Waals surface area contributed by atoms with Crippen LogP contribution in [0.25, 0.3) is 0 Å². The number of aryl methyl sites for hydroxylation is 1. The second kappa shape index (κ2) is 6.13. The molecular formula is C14H18N4O. The molecule has 0 saturated carbocycles. The average molecular weight is 258 g/mol. The Morgan fingerprint density at radius 2 is 2.16 bits per heavy atom. The van der Waals surface area contributed by atoms with E-state index in [0.717, 1.165) is 23.5 Å². The van der Waals surface area contributed by atoms with Gasteiger partial charge >= 0.3 is 0 Å². The van der Waals surface area contributed by atoms with E-state index in [4.69, 9.17) is 0 Å². The topological polar surface area (TPSA) is 70.7 Å². The van der Waals surface area contributed by atoms with Crippen molar-refractivity contribution in [2.45, 2.75) is 32.7 Å². The summed E-state index contributed by atoms with van der Waals surface area (Å²) in [6, 6.07) is 3.62. The SMILES string of the molecule is CC[C@H](NC(=O)Cc1ccncc1)c1ncc(C)[nH]1. The Hall–Kier alpha value is -2.17. The standard InChI is InChI=1S/C14H18N4O/c1-3-12(14-16-9-10(2)17-14)18-13(19)8-11-4-6-15-7-5-11/h4-7,9,12H,3,8H2,1-2H3,(H,16,17)(H,18,19)/t12-/m0/s1. The number of nitrogens with zero attached hydrogens (tertiary/aromatic N) is 2. The van der Waals surface area contributed by atoms with E-state index < -0.39 is 0 Å². The van der Waals surface area contributed by atoms with Crippen LogP contribution >= 0.6 is 0 Å². The average Bonchev–Trinajstić information content (AvgIpc) is 2.83. The summed E-state index contributed by atoms with van der Waals surface area (Å²) >= 11 is 0. The Bertz CT molecular complexity index is 535. The fraction of sp³-hybridized carbons (Fsp3) is 0.357. The van der Waals surface area contributed by atoms with Gasteiger partial charge in [-0.1, -0.05) is 6.92 Å². The van der Waals surface area contributed by atoms with Crippen molar-refractivity contribution >= 4 is 5.91 Å². The van der Waals surface area contributed by atoms with Crippen molar-refractivity contribution in [3.05, 3.63) is 47.8 Å². The Morgan fingerprint density at radius 1 is 1.42 bits per heavy atom. The zero-order chi connectivity index (χ0) is 13.7. The second-order valence-corrected chi connectivity index (χ2v) is 4.51. The Morgan fingerprint density at radius 3 is 2.74 bits per heavy atom. The molecule has 5 nitrogen and oxygen atoms in total. The van der Waals surface area contributed by atoms with Crippen LogP contribution in [0.5, 0.6) is 0 Å². The van der Waals surface area contributed by atoms with Gasteiger partial charge in [-0.2, -0.15) is 0 Å². The molecule has 2 heterocycles. The van der Waals surface area contributed by atoms with Crippen LogP contribution in [0.15, 0.2) is 30.7 Å². The maximum Gasteiger partial charge on any atom is 0.225 e. The molecule has 5 heteroatoms. The highest BCUT2D eigenvalue weighted by atomic mass is 16.1. The number of carbonyl (C=O) groups excluding carboxylic acids is 1. The van der Waals surface area contributed by atoms with Crippen LogP contribution in [0.3, 0.4) is 0 Å². The number of hydrogen-bond donors (Lipinski definition) is 2. The van der Waals surface area contributed by atoms with E-state index in [9.17, 15) is 4.79 Å². The summed E-state index contributed by atoms with van der Waals surface area (Å²) in [7, 11) is 0. The number of carbonyl (C=O) groups is 1. The fourth-order valence-electron chi connectivity index (χ4n) is 1.91. The molecule has 100 valence electrons. The number of rotatable bonds is 5. The van der Waals surface area contributed by atoms with Crippen LogP contribution < -0.4 is 5.32 Å². The molecule has 0 bridgehead atoms. The van der Waals surface area contributed by atoms with Crippen molar-refractivity contribution in [1.82, 2.24) is 20.3 Å². The lowest BCUT2D eigenvalue weighted by molar-refractivity contribution is -0.121. The van der Waals surface area contributed by atoms with Gasteiger partial charge in [-0.3, -0.25) is 9.78 Å². The predicted octanol–water partition coefficient (Wildman–Crippen LogP) is 1.92. The number of aromatic amines is 1. The molecule has 0 fully saturated rings. The van der Waals surface area contributed by atoms with Gasteiger partial charge in [0, 0.05) is 24.3 Å². The molecular weight excluding hydrogens is 240 g/mol. The molecule has 2 N–H and O–H groups in total. The van der Waals surface area contributed by atoms with Crippen molar-refractivity contribution in [3.63, 3.8) is 0 Å². The number of amides is 1. The highest BCUT2D eigenvalue weighted by Crippen LogP contribution is 2.13. The first kappa shape index (κ1) is 13.3. The molecule has 1 atom stereocenters. The third-order valence-electron chi connectivity index (χ3n) is 2.91. The summed E-state index contributed by atoms with van der Waals surface area (Å²) in [6.45, 7) is 3.97. The second-order valence-electron chi connectivity index (χ2n) is 4.51. The first-order valence-corrected chi connectivity index (χ1v) is 6.38. The van der Waals surface area contributed by atoms with Gasteiger partial charge < -0.3 is 10.3 Å². The molecule has 1 amide bonds. The van der Waals surface area contributed by atoms with Gasteiger partial charge in [0.2, 0.25) is 5.91 Å². The van der Waals surface area contributed by atoms with Crippen molar-refractivity contribution in [2.24, 2.45) is 0 Å². The van der Waals surface area contributed by atoms with Crippen LogP contribution in [0.2, 0.25) is 0 Å². The minimum absolute atomic E-state index is 0.00731. The van der Waals surface area contributed by atoms with Crippen LogP contribution in [0, 0.1) is 6.92 Å². The number of nitrogens with one attached hydrogen (secondary N) is 2. The minimum Gasteiger partial charge on any atom is -0.346 e. The maximum absolute atomic E-state index is 12.0. The molecule has 0 radical (unpaired) electrons. The Balaban J connectivity index is 1.97. The van der Waals surface area contributed by atoms with Crippen LogP contribution in [-0.2, 0) is 11.2 Å². The number of imidazole rings is 1. The first-order valence-electron chi connectivity index (χ1n) is 6.38. The molecule has 0 spiro atoms. The van der Waals surface area contributed by atoms with E-state index in [1.807, 2.05) is 26.0 Å². The van der Waals surface area contributed by atoms with Gasteiger partial charge in [-0.05, 0) is 31.0 Å². The smallest absolute Gasteiger partial charge is 0.225 e. The van der Waals surface area contributed by atoms with Crippen LogP contribution in [-0.4, -0.2) is 20.9 Å². The molecule has 0 aliphatic carbocycles. The zero-order valence-electron chi connectivity index (χ0n) is 11.2. The van der Waals surface area contributed by atoms with Gasteiger partial charge in [0.1, 0.15) is 5.82 Å². The predicted molar refractivity (Wildman–Crippen MR) is 72.4 cm³/mol.